The van der Waals surface area contributed by atoms with E-state index in [2.05, 4.69) is 32.2 Å². The van der Waals surface area contributed by atoms with Crippen LogP contribution < -0.4 is 4.90 Å². The standard InChI is InChI=1S/C23H22N4O2S/c1-27(13-14-29-16-17-5-3-2-4-6-17)19-9-7-18(8-10-19)25-26-23-24-21-12-11-20(28)15-22(21)30-23/h2-12,15,28H,13-14,16H2,1H3. The number of nitrogens with zero attached hydrogens (tertiary/aromatic N) is 4. The van der Waals surface area contributed by atoms with Gasteiger partial charge in [-0.05, 0) is 48.0 Å². The fourth-order valence-corrected chi connectivity index (χ4v) is 3.73. The van der Waals surface area contributed by atoms with Crippen LogP contribution in [-0.4, -0.2) is 30.3 Å². The molecule has 0 radical (unpaired) electrons. The SMILES string of the molecule is CN(CCOCc1ccccc1)c1ccc(N=Nc2nc3ccc(O)cc3s2)cc1. The summed E-state index contributed by atoms with van der Waals surface area (Å²) in [5.74, 6) is 0.222. The summed E-state index contributed by atoms with van der Waals surface area (Å²) >= 11 is 1.39. The molecule has 0 unspecified atom stereocenters. The van der Waals surface area contributed by atoms with Crippen LogP contribution in [0.25, 0.3) is 10.2 Å². The number of thiazole rings is 1. The molecule has 0 amide bonds. The van der Waals surface area contributed by atoms with Crippen molar-refractivity contribution in [2.24, 2.45) is 10.2 Å². The lowest BCUT2D eigenvalue weighted by Gasteiger charge is -2.19. The highest BCUT2D eigenvalue weighted by Crippen LogP contribution is 2.31. The Morgan fingerprint density at radius 3 is 2.60 bits per heavy atom. The Kier molecular flexibility index (Phi) is 6.32. The number of anilines is 1. The van der Waals surface area contributed by atoms with Gasteiger partial charge >= 0.3 is 0 Å². The predicted molar refractivity (Wildman–Crippen MR) is 121 cm³/mol. The molecule has 0 saturated heterocycles. The van der Waals surface area contributed by atoms with Gasteiger partial charge in [-0.15, -0.1) is 10.2 Å². The molecule has 6 nitrogen and oxygen atoms in total. The summed E-state index contributed by atoms with van der Waals surface area (Å²) in [5, 5.41) is 18.6. The van der Waals surface area contributed by atoms with E-state index in [0.29, 0.717) is 18.3 Å². The molecule has 0 aliphatic heterocycles. The van der Waals surface area contributed by atoms with Gasteiger partial charge in [0.25, 0.3) is 0 Å². The van der Waals surface area contributed by atoms with E-state index in [9.17, 15) is 5.11 Å². The van der Waals surface area contributed by atoms with Gasteiger partial charge in [-0.2, -0.15) is 0 Å². The number of azo groups is 1. The maximum Gasteiger partial charge on any atom is 0.231 e. The van der Waals surface area contributed by atoms with Gasteiger partial charge in [-0.25, -0.2) is 4.98 Å². The maximum absolute atomic E-state index is 9.55. The molecule has 0 aliphatic carbocycles. The third-order valence-electron chi connectivity index (χ3n) is 4.58. The summed E-state index contributed by atoms with van der Waals surface area (Å²) in [4.78, 5) is 6.55. The highest BCUT2D eigenvalue weighted by molar-refractivity contribution is 7.21. The molecule has 1 aromatic heterocycles. The largest absolute Gasteiger partial charge is 0.508 e. The van der Waals surface area contributed by atoms with Gasteiger partial charge < -0.3 is 14.7 Å². The molecule has 30 heavy (non-hydrogen) atoms. The van der Waals surface area contributed by atoms with Crippen LogP contribution in [0.3, 0.4) is 0 Å². The number of ether oxygens (including phenoxy) is 1. The Bertz CT molecular complexity index is 1130. The molecule has 7 heteroatoms. The van der Waals surface area contributed by atoms with E-state index in [1.165, 1.54) is 16.9 Å². The van der Waals surface area contributed by atoms with Gasteiger partial charge in [0, 0.05) is 19.3 Å². The molecule has 0 saturated carbocycles. The van der Waals surface area contributed by atoms with Gasteiger partial charge in [0.15, 0.2) is 0 Å². The molecule has 3 aromatic carbocycles. The van der Waals surface area contributed by atoms with E-state index in [-0.39, 0.29) is 5.75 Å². The van der Waals surface area contributed by atoms with Crippen molar-refractivity contribution in [3.05, 3.63) is 78.4 Å². The van der Waals surface area contributed by atoms with E-state index in [4.69, 9.17) is 4.74 Å². The molecule has 152 valence electrons. The Morgan fingerprint density at radius 2 is 1.80 bits per heavy atom. The van der Waals surface area contributed by atoms with Crippen LogP contribution in [0, 0.1) is 0 Å². The minimum absolute atomic E-state index is 0.222. The second-order valence-electron chi connectivity index (χ2n) is 6.82. The number of rotatable bonds is 8. The van der Waals surface area contributed by atoms with Crippen molar-refractivity contribution in [2.75, 3.05) is 25.1 Å². The van der Waals surface area contributed by atoms with Crippen LogP contribution in [0.5, 0.6) is 5.75 Å². The van der Waals surface area contributed by atoms with Crippen molar-refractivity contribution in [3.8, 4) is 5.75 Å². The normalized spacial score (nSPS) is 11.4. The van der Waals surface area contributed by atoms with Gasteiger partial charge in [0.1, 0.15) is 5.75 Å². The van der Waals surface area contributed by atoms with E-state index >= 15 is 0 Å². The minimum atomic E-state index is 0.222. The number of hydrogen-bond acceptors (Lipinski definition) is 7. The summed E-state index contributed by atoms with van der Waals surface area (Å²) in [6, 6.07) is 23.1. The van der Waals surface area contributed by atoms with Crippen molar-refractivity contribution in [1.82, 2.24) is 4.98 Å². The summed E-state index contributed by atoms with van der Waals surface area (Å²) in [6.07, 6.45) is 0. The average Bonchev–Trinajstić information content (AvgIpc) is 3.18. The summed E-state index contributed by atoms with van der Waals surface area (Å²) in [5.41, 5.74) is 3.83. The summed E-state index contributed by atoms with van der Waals surface area (Å²) in [7, 11) is 2.04. The molecule has 1 N–H and O–H groups in total. The van der Waals surface area contributed by atoms with Crippen LogP contribution in [0.2, 0.25) is 0 Å². The monoisotopic (exact) mass is 418 g/mol. The number of hydrogen-bond donors (Lipinski definition) is 1. The van der Waals surface area contributed by atoms with E-state index < -0.39 is 0 Å². The lowest BCUT2D eigenvalue weighted by atomic mass is 10.2. The van der Waals surface area contributed by atoms with Gasteiger partial charge in [-0.3, -0.25) is 0 Å². The minimum Gasteiger partial charge on any atom is -0.508 e. The first-order valence-corrected chi connectivity index (χ1v) is 10.4. The number of benzene rings is 3. The van der Waals surface area contributed by atoms with Crippen LogP contribution in [0.4, 0.5) is 16.5 Å². The number of phenolic OH excluding ortho intramolecular Hbond substituents is 1. The molecule has 0 bridgehead atoms. The van der Waals surface area contributed by atoms with Crippen LogP contribution in [0.1, 0.15) is 5.56 Å². The molecule has 1 heterocycles. The van der Waals surface area contributed by atoms with Crippen molar-refractivity contribution < 1.29 is 9.84 Å². The lowest BCUT2D eigenvalue weighted by molar-refractivity contribution is 0.127. The molecule has 4 rings (SSSR count). The quantitative estimate of drug-likeness (QED) is 0.278. The van der Waals surface area contributed by atoms with Crippen molar-refractivity contribution in [1.29, 1.82) is 0 Å². The zero-order valence-electron chi connectivity index (χ0n) is 16.6. The molecule has 0 atom stereocenters. The second kappa shape index (κ2) is 9.47. The fraction of sp³-hybridized carbons (Fsp3) is 0.174. The third kappa shape index (κ3) is 5.20. The van der Waals surface area contributed by atoms with Crippen LogP contribution >= 0.6 is 11.3 Å². The van der Waals surface area contributed by atoms with E-state index in [0.717, 1.165) is 28.1 Å². The number of phenols is 1. The zero-order chi connectivity index (χ0) is 20.8. The Hall–Kier alpha value is -3.29. The first kappa shape index (κ1) is 20.0. The van der Waals surface area contributed by atoms with Crippen molar-refractivity contribution in [2.45, 2.75) is 6.61 Å². The Balaban J connectivity index is 1.29. The van der Waals surface area contributed by atoms with E-state index in [1.807, 2.05) is 49.5 Å². The second-order valence-corrected chi connectivity index (χ2v) is 7.83. The Labute approximate surface area is 179 Å². The number of aromatic nitrogens is 1. The first-order chi connectivity index (χ1) is 14.7. The lowest BCUT2D eigenvalue weighted by Crippen LogP contribution is -2.22. The predicted octanol–water partition coefficient (Wildman–Crippen LogP) is 6.07. The van der Waals surface area contributed by atoms with Gasteiger partial charge in [0.05, 0.1) is 29.1 Å². The Morgan fingerprint density at radius 1 is 1.00 bits per heavy atom. The third-order valence-corrected chi connectivity index (χ3v) is 5.49. The molecule has 0 spiro atoms. The van der Waals surface area contributed by atoms with Gasteiger partial charge in [-0.1, -0.05) is 41.7 Å². The van der Waals surface area contributed by atoms with Crippen LogP contribution in [-0.2, 0) is 11.3 Å². The maximum atomic E-state index is 9.55. The number of likely N-dealkylation sites (N-methyl/N-ethyl adjacent to an activating group) is 1. The van der Waals surface area contributed by atoms with Crippen molar-refractivity contribution in [3.63, 3.8) is 0 Å². The average molecular weight is 419 g/mol. The van der Waals surface area contributed by atoms with Crippen LogP contribution in [0.15, 0.2) is 83.0 Å². The van der Waals surface area contributed by atoms with Gasteiger partial charge in [0.2, 0.25) is 5.13 Å². The number of fused-ring (bicyclic) bond motifs is 1. The topological polar surface area (TPSA) is 70.3 Å². The smallest absolute Gasteiger partial charge is 0.231 e. The van der Waals surface area contributed by atoms with E-state index in [1.54, 1.807) is 18.2 Å². The highest BCUT2D eigenvalue weighted by Gasteiger charge is 2.04. The summed E-state index contributed by atoms with van der Waals surface area (Å²) < 4.78 is 6.64. The first-order valence-electron chi connectivity index (χ1n) is 9.61. The molecule has 4 aromatic rings. The highest BCUT2D eigenvalue weighted by atomic mass is 32.1. The molecular weight excluding hydrogens is 396 g/mol. The summed E-state index contributed by atoms with van der Waals surface area (Å²) in [6.45, 7) is 2.08. The van der Waals surface area contributed by atoms with Crippen molar-refractivity contribution >= 4 is 38.1 Å². The number of aromatic hydroxyl groups is 1. The fourth-order valence-electron chi connectivity index (χ4n) is 2.91. The zero-order valence-corrected chi connectivity index (χ0v) is 17.4. The molecule has 0 fully saturated rings. The molecular formula is C23H22N4O2S. The molecule has 0 aliphatic rings.